The van der Waals surface area contributed by atoms with Crippen molar-refractivity contribution in [2.75, 3.05) is 5.32 Å². The Balaban J connectivity index is 1.43. The average Bonchev–Trinajstić information content (AvgIpc) is 3.12. The Morgan fingerprint density at radius 1 is 1.41 bits per heavy atom. The smallest absolute Gasteiger partial charge is 0.254 e. The molecule has 2 aromatic rings. The Morgan fingerprint density at radius 3 is 3.05 bits per heavy atom. The van der Waals surface area contributed by atoms with Gasteiger partial charge >= 0.3 is 0 Å². The van der Waals surface area contributed by atoms with Crippen LogP contribution in [0.3, 0.4) is 0 Å². The van der Waals surface area contributed by atoms with Crippen molar-refractivity contribution < 1.29 is 14.0 Å². The zero-order valence-electron chi connectivity index (χ0n) is 11.5. The van der Waals surface area contributed by atoms with Crippen LogP contribution in [-0.2, 0) is 9.59 Å². The Bertz CT molecular complexity index is 761. The summed E-state index contributed by atoms with van der Waals surface area (Å²) >= 11 is 0. The van der Waals surface area contributed by atoms with Crippen molar-refractivity contribution in [3.8, 4) is 0 Å². The summed E-state index contributed by atoms with van der Waals surface area (Å²) in [6, 6.07) is -0.232. The molecule has 0 spiro atoms. The highest BCUT2D eigenvalue weighted by molar-refractivity contribution is 6.02. The number of nitrogens with one attached hydrogen (secondary N) is 3. The van der Waals surface area contributed by atoms with Gasteiger partial charge in [-0.1, -0.05) is 0 Å². The first-order valence-corrected chi connectivity index (χ1v) is 7.16. The third-order valence-electron chi connectivity index (χ3n) is 4.38. The molecule has 4 unspecified atom stereocenters. The van der Waals surface area contributed by atoms with E-state index in [0.29, 0.717) is 17.8 Å². The number of aromatic amines is 1. The molecule has 0 radical (unpaired) electrons. The second-order valence-electron chi connectivity index (χ2n) is 5.80. The van der Waals surface area contributed by atoms with E-state index < -0.39 is 12.1 Å². The summed E-state index contributed by atoms with van der Waals surface area (Å²) < 4.78 is 13.2. The fourth-order valence-electron chi connectivity index (χ4n) is 3.09. The van der Waals surface area contributed by atoms with Crippen LogP contribution in [-0.4, -0.2) is 39.0 Å². The molecule has 4 atom stereocenters. The summed E-state index contributed by atoms with van der Waals surface area (Å²) in [7, 11) is 0. The van der Waals surface area contributed by atoms with Gasteiger partial charge in [0.15, 0.2) is 6.17 Å². The molecular formula is C14H14FN5O2. The Labute approximate surface area is 124 Å². The van der Waals surface area contributed by atoms with Gasteiger partial charge in [-0.15, -0.1) is 0 Å². The highest BCUT2D eigenvalue weighted by Crippen LogP contribution is 2.44. The lowest BCUT2D eigenvalue weighted by Crippen LogP contribution is -2.30. The van der Waals surface area contributed by atoms with E-state index in [9.17, 15) is 14.0 Å². The van der Waals surface area contributed by atoms with E-state index in [4.69, 9.17) is 0 Å². The van der Waals surface area contributed by atoms with Gasteiger partial charge < -0.3 is 15.6 Å². The van der Waals surface area contributed by atoms with Crippen LogP contribution in [0.4, 0.5) is 10.1 Å². The molecule has 1 saturated heterocycles. The molecule has 4 rings (SSSR count). The van der Waals surface area contributed by atoms with E-state index in [1.54, 1.807) is 12.4 Å². The fourth-order valence-corrected chi connectivity index (χ4v) is 3.09. The summed E-state index contributed by atoms with van der Waals surface area (Å²) in [6.07, 6.45) is 4.11. The van der Waals surface area contributed by atoms with Gasteiger partial charge in [0.2, 0.25) is 5.91 Å². The first-order chi connectivity index (χ1) is 10.6. The summed E-state index contributed by atoms with van der Waals surface area (Å²) in [5, 5.41) is 6.21. The lowest BCUT2D eigenvalue weighted by Gasteiger charge is -2.08. The monoisotopic (exact) mass is 303 g/mol. The highest BCUT2D eigenvalue weighted by atomic mass is 19.1. The first-order valence-electron chi connectivity index (χ1n) is 7.16. The van der Waals surface area contributed by atoms with Crippen molar-refractivity contribution in [3.63, 3.8) is 0 Å². The molecule has 1 aliphatic heterocycles. The lowest BCUT2D eigenvalue weighted by molar-refractivity contribution is -0.123. The van der Waals surface area contributed by atoms with Crippen LogP contribution in [0.15, 0.2) is 18.7 Å². The summed E-state index contributed by atoms with van der Waals surface area (Å²) in [5.74, 6) is -0.854. The van der Waals surface area contributed by atoms with E-state index in [1.165, 1.54) is 6.33 Å². The molecule has 8 heteroatoms. The quantitative estimate of drug-likeness (QED) is 0.779. The SMILES string of the molecule is O=C1NC(C2CC2C(=O)Nc2c[nH]c3ncncc23)CC1F. The molecule has 7 nitrogen and oxygen atoms in total. The van der Waals surface area contributed by atoms with E-state index in [2.05, 4.69) is 25.6 Å². The van der Waals surface area contributed by atoms with Crippen LogP contribution >= 0.6 is 0 Å². The second kappa shape index (κ2) is 4.75. The van der Waals surface area contributed by atoms with Gasteiger partial charge in [0.25, 0.3) is 5.91 Å². The van der Waals surface area contributed by atoms with Gasteiger partial charge in [-0.3, -0.25) is 9.59 Å². The molecule has 3 heterocycles. The van der Waals surface area contributed by atoms with Gasteiger partial charge in [-0.2, -0.15) is 0 Å². The molecule has 0 bridgehead atoms. The zero-order chi connectivity index (χ0) is 15.3. The van der Waals surface area contributed by atoms with Gasteiger partial charge in [0, 0.05) is 30.8 Å². The molecule has 1 saturated carbocycles. The minimum absolute atomic E-state index is 0.0196. The first kappa shape index (κ1) is 13.2. The number of fused-ring (bicyclic) bond motifs is 1. The molecule has 3 N–H and O–H groups in total. The molecule has 22 heavy (non-hydrogen) atoms. The third-order valence-corrected chi connectivity index (χ3v) is 4.38. The lowest BCUT2D eigenvalue weighted by atomic mass is 10.1. The van der Waals surface area contributed by atoms with E-state index in [0.717, 1.165) is 5.39 Å². The molecule has 2 fully saturated rings. The minimum Gasteiger partial charge on any atom is -0.350 e. The maximum atomic E-state index is 13.2. The number of amides is 2. The van der Waals surface area contributed by atoms with Gasteiger partial charge in [0.05, 0.1) is 11.1 Å². The number of halogens is 1. The van der Waals surface area contributed by atoms with Gasteiger partial charge in [-0.05, 0) is 12.3 Å². The Kier molecular flexibility index (Phi) is 2.85. The number of H-pyrrole nitrogens is 1. The predicted octanol–water partition coefficient (Wildman–Crippen LogP) is 0.759. The molecule has 0 aromatic carbocycles. The van der Waals surface area contributed by atoms with Crippen molar-refractivity contribution in [1.82, 2.24) is 20.3 Å². The molecule has 2 amide bonds. The standard InChI is InChI=1S/C14H14FN5O2/c15-9-2-10(19-14(9)22)6-1-7(6)13(21)20-11-4-17-12-8(11)3-16-5-18-12/h3-7,9-10H,1-2H2,(H,19,22)(H,20,21)(H,16,17,18). The highest BCUT2D eigenvalue weighted by Gasteiger charge is 2.51. The van der Waals surface area contributed by atoms with Crippen LogP contribution in [0, 0.1) is 11.8 Å². The summed E-state index contributed by atoms with van der Waals surface area (Å²) in [5.41, 5.74) is 1.28. The van der Waals surface area contributed by atoms with E-state index in [1.807, 2.05) is 0 Å². The number of hydrogen-bond acceptors (Lipinski definition) is 4. The van der Waals surface area contributed by atoms with Crippen molar-refractivity contribution in [3.05, 3.63) is 18.7 Å². The number of carbonyl (C=O) groups is 2. The van der Waals surface area contributed by atoms with Crippen LogP contribution in [0.2, 0.25) is 0 Å². The summed E-state index contributed by atoms with van der Waals surface area (Å²) in [4.78, 5) is 34.4. The Morgan fingerprint density at radius 2 is 2.27 bits per heavy atom. The number of nitrogens with zero attached hydrogens (tertiary/aromatic N) is 2. The number of carbonyl (C=O) groups excluding carboxylic acids is 2. The molecular weight excluding hydrogens is 289 g/mol. The zero-order valence-corrected chi connectivity index (χ0v) is 11.5. The fraction of sp³-hybridized carbons (Fsp3) is 0.429. The minimum atomic E-state index is -1.44. The van der Waals surface area contributed by atoms with Crippen molar-refractivity contribution in [1.29, 1.82) is 0 Å². The normalized spacial score (nSPS) is 30.3. The molecule has 114 valence electrons. The number of rotatable bonds is 3. The summed E-state index contributed by atoms with van der Waals surface area (Å²) in [6.45, 7) is 0. The van der Waals surface area contributed by atoms with Crippen molar-refractivity contribution >= 4 is 28.5 Å². The number of aromatic nitrogens is 3. The third kappa shape index (κ3) is 2.11. The van der Waals surface area contributed by atoms with Crippen molar-refractivity contribution in [2.45, 2.75) is 25.1 Å². The van der Waals surface area contributed by atoms with Crippen LogP contribution in [0.25, 0.3) is 11.0 Å². The molecule has 2 aliphatic rings. The van der Waals surface area contributed by atoms with Crippen LogP contribution in [0.5, 0.6) is 0 Å². The Hall–Kier alpha value is -2.51. The number of anilines is 1. The predicted molar refractivity (Wildman–Crippen MR) is 75.6 cm³/mol. The second-order valence-corrected chi connectivity index (χ2v) is 5.80. The van der Waals surface area contributed by atoms with Crippen LogP contribution < -0.4 is 10.6 Å². The molecule has 1 aliphatic carbocycles. The largest absolute Gasteiger partial charge is 0.350 e. The van der Waals surface area contributed by atoms with E-state index in [-0.39, 0.29) is 30.2 Å². The van der Waals surface area contributed by atoms with Crippen molar-refractivity contribution in [2.24, 2.45) is 11.8 Å². The maximum absolute atomic E-state index is 13.2. The number of alkyl halides is 1. The number of hydrogen-bond donors (Lipinski definition) is 3. The van der Waals surface area contributed by atoms with Crippen LogP contribution in [0.1, 0.15) is 12.8 Å². The average molecular weight is 303 g/mol. The topological polar surface area (TPSA) is 99.8 Å². The van der Waals surface area contributed by atoms with Gasteiger partial charge in [-0.25, -0.2) is 14.4 Å². The maximum Gasteiger partial charge on any atom is 0.254 e. The molecule has 2 aromatic heterocycles. The van der Waals surface area contributed by atoms with Gasteiger partial charge in [0.1, 0.15) is 12.0 Å². The van der Waals surface area contributed by atoms with E-state index >= 15 is 0 Å².